The molecular weight excluding hydrogens is 312 g/mol. The quantitative estimate of drug-likeness (QED) is 0.691. The third-order valence-electron chi connectivity index (χ3n) is 4.76. The van der Waals surface area contributed by atoms with Crippen molar-refractivity contribution < 1.29 is 9.90 Å². The van der Waals surface area contributed by atoms with Crippen LogP contribution in [0.1, 0.15) is 42.3 Å². The number of hydrogen-bond acceptors (Lipinski definition) is 3. The number of hydrogen-bond donors (Lipinski definition) is 1. The van der Waals surface area contributed by atoms with Crippen LogP contribution >= 0.6 is 0 Å². The molecule has 0 saturated heterocycles. The first-order chi connectivity index (χ1) is 11.9. The van der Waals surface area contributed by atoms with Gasteiger partial charge in [-0.15, -0.1) is 0 Å². The number of ketones is 1. The number of carbonyl (C=O) groups excluding carboxylic acids is 1. The predicted molar refractivity (Wildman–Crippen MR) is 103 cm³/mol. The molecule has 1 aromatic heterocycles. The highest BCUT2D eigenvalue weighted by molar-refractivity contribution is 6.10. The summed E-state index contributed by atoms with van der Waals surface area (Å²) in [4.78, 5) is 14.0. The summed E-state index contributed by atoms with van der Waals surface area (Å²) in [6.45, 7) is 5.32. The van der Waals surface area contributed by atoms with Crippen LogP contribution in [0, 0.1) is 0 Å². The Bertz CT molecular complexity index is 922. The fourth-order valence-corrected chi connectivity index (χ4v) is 3.39. The maximum atomic E-state index is 11.8. The Morgan fingerprint density at radius 2 is 1.76 bits per heavy atom. The van der Waals surface area contributed by atoms with Gasteiger partial charge in [-0.25, -0.2) is 0 Å². The molecule has 1 heterocycles. The molecule has 0 bridgehead atoms. The Morgan fingerprint density at radius 1 is 1.12 bits per heavy atom. The van der Waals surface area contributed by atoms with E-state index >= 15 is 0 Å². The van der Waals surface area contributed by atoms with Crippen LogP contribution in [0.4, 0.5) is 0 Å². The van der Waals surface area contributed by atoms with Crippen LogP contribution in [-0.4, -0.2) is 41.0 Å². The Balaban J connectivity index is 2.19. The van der Waals surface area contributed by atoms with E-state index in [1.54, 1.807) is 13.8 Å². The predicted octanol–water partition coefficient (Wildman–Crippen LogP) is 4.00. The maximum absolute atomic E-state index is 11.8. The minimum absolute atomic E-state index is 0.0714. The monoisotopic (exact) mass is 338 g/mol. The van der Waals surface area contributed by atoms with Gasteiger partial charge < -0.3 is 14.6 Å². The van der Waals surface area contributed by atoms with Crippen LogP contribution in [0.5, 0.6) is 0 Å². The Morgan fingerprint density at radius 3 is 2.36 bits per heavy atom. The molecule has 2 aromatic carbocycles. The van der Waals surface area contributed by atoms with Crippen LogP contribution in [0.3, 0.4) is 0 Å². The molecule has 4 nitrogen and oxygen atoms in total. The third kappa shape index (κ3) is 3.46. The van der Waals surface area contributed by atoms with Gasteiger partial charge in [0.15, 0.2) is 5.78 Å². The van der Waals surface area contributed by atoms with Crippen molar-refractivity contribution in [2.45, 2.75) is 32.9 Å². The standard InChI is InChI=1S/C21H26N2O2/c1-14(24)16-6-8-20-18(12-16)19-13-17(15(2)25)7-9-21(19)23(20)11-5-10-22(3)4/h6-9,12-14,24H,5,10-11H2,1-4H3. The first kappa shape index (κ1) is 17.6. The summed E-state index contributed by atoms with van der Waals surface area (Å²) < 4.78 is 2.32. The van der Waals surface area contributed by atoms with E-state index in [1.165, 1.54) is 0 Å². The number of fused-ring (bicyclic) bond motifs is 3. The molecule has 3 aromatic rings. The largest absolute Gasteiger partial charge is 0.389 e. The summed E-state index contributed by atoms with van der Waals surface area (Å²) in [7, 11) is 4.17. The number of carbonyl (C=O) groups is 1. The average molecular weight is 338 g/mol. The van der Waals surface area contributed by atoms with Crippen molar-refractivity contribution in [2.75, 3.05) is 20.6 Å². The van der Waals surface area contributed by atoms with E-state index in [1.807, 2.05) is 24.3 Å². The van der Waals surface area contributed by atoms with Gasteiger partial charge in [-0.05, 0) is 76.8 Å². The third-order valence-corrected chi connectivity index (χ3v) is 4.76. The highest BCUT2D eigenvalue weighted by Crippen LogP contribution is 2.32. The van der Waals surface area contributed by atoms with Crippen molar-refractivity contribution in [3.05, 3.63) is 47.5 Å². The van der Waals surface area contributed by atoms with E-state index in [4.69, 9.17) is 0 Å². The number of aliphatic hydroxyl groups excluding tert-OH is 1. The Labute approximate surface area is 148 Å². The van der Waals surface area contributed by atoms with Crippen LogP contribution < -0.4 is 0 Å². The maximum Gasteiger partial charge on any atom is 0.159 e. The first-order valence-electron chi connectivity index (χ1n) is 8.78. The van der Waals surface area contributed by atoms with Crippen molar-refractivity contribution in [3.63, 3.8) is 0 Å². The molecule has 1 N–H and O–H groups in total. The zero-order valence-corrected chi connectivity index (χ0v) is 15.4. The second kappa shape index (κ2) is 6.98. The molecule has 1 atom stereocenters. The number of benzene rings is 2. The SMILES string of the molecule is CC(=O)c1ccc2c(c1)c1cc(C(C)O)ccc1n2CCCN(C)C. The molecular formula is C21H26N2O2. The van der Waals surface area contributed by atoms with Gasteiger partial charge in [0.05, 0.1) is 6.10 Å². The lowest BCUT2D eigenvalue weighted by atomic mass is 10.0. The molecule has 0 aliphatic carbocycles. The van der Waals surface area contributed by atoms with Gasteiger partial charge in [0.1, 0.15) is 0 Å². The first-order valence-corrected chi connectivity index (χ1v) is 8.78. The molecule has 0 amide bonds. The van der Waals surface area contributed by atoms with Gasteiger partial charge >= 0.3 is 0 Å². The van der Waals surface area contributed by atoms with Crippen molar-refractivity contribution in [3.8, 4) is 0 Å². The molecule has 0 radical (unpaired) electrons. The summed E-state index contributed by atoms with van der Waals surface area (Å²) >= 11 is 0. The fourth-order valence-electron chi connectivity index (χ4n) is 3.39. The number of aryl methyl sites for hydroxylation is 1. The van der Waals surface area contributed by atoms with Crippen molar-refractivity contribution >= 4 is 27.6 Å². The number of rotatable bonds is 6. The lowest BCUT2D eigenvalue weighted by Gasteiger charge is -2.12. The lowest BCUT2D eigenvalue weighted by Crippen LogP contribution is -2.15. The van der Waals surface area contributed by atoms with Crippen molar-refractivity contribution in [1.82, 2.24) is 9.47 Å². The molecule has 1 unspecified atom stereocenters. The molecule has 0 aliphatic heterocycles. The van der Waals surface area contributed by atoms with Gasteiger partial charge in [-0.3, -0.25) is 4.79 Å². The fraction of sp³-hybridized carbons (Fsp3) is 0.381. The highest BCUT2D eigenvalue weighted by atomic mass is 16.3. The molecule has 4 heteroatoms. The van der Waals surface area contributed by atoms with Gasteiger partial charge in [0, 0.05) is 33.9 Å². The molecule has 0 saturated carbocycles. The number of aliphatic hydroxyl groups is 1. The minimum atomic E-state index is -0.507. The summed E-state index contributed by atoms with van der Waals surface area (Å²) in [6.07, 6.45) is 0.547. The van der Waals surface area contributed by atoms with Crippen LogP contribution in [-0.2, 0) is 6.54 Å². The molecule has 3 rings (SSSR count). The van der Waals surface area contributed by atoms with Gasteiger partial charge in [0.25, 0.3) is 0 Å². The van der Waals surface area contributed by atoms with Crippen LogP contribution in [0.25, 0.3) is 21.8 Å². The van der Waals surface area contributed by atoms with Crippen LogP contribution in [0.2, 0.25) is 0 Å². The van der Waals surface area contributed by atoms with E-state index in [-0.39, 0.29) is 5.78 Å². The van der Waals surface area contributed by atoms with Gasteiger partial charge in [-0.1, -0.05) is 6.07 Å². The van der Waals surface area contributed by atoms with Crippen molar-refractivity contribution in [1.29, 1.82) is 0 Å². The van der Waals surface area contributed by atoms with Gasteiger partial charge in [0.2, 0.25) is 0 Å². The molecule has 0 spiro atoms. The zero-order valence-electron chi connectivity index (χ0n) is 15.4. The van der Waals surface area contributed by atoms with Crippen molar-refractivity contribution in [2.24, 2.45) is 0 Å². The second-order valence-electron chi connectivity index (χ2n) is 7.05. The normalized spacial score (nSPS) is 13.0. The smallest absolute Gasteiger partial charge is 0.159 e. The summed E-state index contributed by atoms with van der Waals surface area (Å²) in [5, 5.41) is 12.1. The highest BCUT2D eigenvalue weighted by Gasteiger charge is 2.14. The van der Waals surface area contributed by atoms with Crippen LogP contribution in [0.15, 0.2) is 36.4 Å². The lowest BCUT2D eigenvalue weighted by molar-refractivity contribution is 0.101. The topological polar surface area (TPSA) is 45.5 Å². The summed E-state index contributed by atoms with van der Waals surface area (Å²) in [6, 6.07) is 12.1. The van der Waals surface area contributed by atoms with Gasteiger partial charge in [-0.2, -0.15) is 0 Å². The summed E-state index contributed by atoms with van der Waals surface area (Å²) in [5.74, 6) is 0.0714. The average Bonchev–Trinajstić information content (AvgIpc) is 2.87. The van der Waals surface area contributed by atoms with E-state index in [0.717, 1.165) is 52.4 Å². The van der Waals surface area contributed by atoms with E-state index in [2.05, 4.69) is 35.7 Å². The van der Waals surface area contributed by atoms with E-state index < -0.39 is 6.10 Å². The number of nitrogens with zero attached hydrogens (tertiary/aromatic N) is 2. The molecule has 132 valence electrons. The molecule has 0 aliphatic rings. The second-order valence-corrected chi connectivity index (χ2v) is 7.05. The van der Waals surface area contributed by atoms with E-state index in [9.17, 15) is 9.90 Å². The Hall–Kier alpha value is -2.17. The van der Waals surface area contributed by atoms with E-state index in [0.29, 0.717) is 0 Å². The minimum Gasteiger partial charge on any atom is -0.389 e. The number of Topliss-reactive ketones (excluding diaryl/α,β-unsaturated/α-hetero) is 1. The number of aromatic nitrogens is 1. The molecule has 0 fully saturated rings. The zero-order chi connectivity index (χ0) is 18.1. The molecule has 25 heavy (non-hydrogen) atoms. The Kier molecular flexibility index (Phi) is 4.93. The summed E-state index contributed by atoms with van der Waals surface area (Å²) in [5.41, 5.74) is 3.91.